The van der Waals surface area contributed by atoms with Crippen molar-refractivity contribution in [2.75, 3.05) is 18.4 Å². The number of nitrogens with zero attached hydrogens (tertiary/aromatic N) is 3. The first-order chi connectivity index (χ1) is 14.0. The Hall–Kier alpha value is -3.48. The smallest absolute Gasteiger partial charge is 0.253 e. The second-order valence-corrected chi connectivity index (χ2v) is 6.61. The molecule has 2 amide bonds. The number of hydrogen-bond acceptors (Lipinski definition) is 4. The molecule has 0 radical (unpaired) electrons. The van der Waals surface area contributed by atoms with Crippen molar-refractivity contribution in [2.24, 2.45) is 0 Å². The molecular weight excluding hydrogens is 368 g/mol. The summed E-state index contributed by atoms with van der Waals surface area (Å²) in [6.07, 6.45) is 1.45. The minimum atomic E-state index is -0.193. The van der Waals surface area contributed by atoms with E-state index in [1.54, 1.807) is 46.0 Å². The Morgan fingerprint density at radius 2 is 1.83 bits per heavy atom. The van der Waals surface area contributed by atoms with Crippen LogP contribution in [0.15, 0.2) is 59.5 Å². The lowest BCUT2D eigenvalue weighted by atomic mass is 10.1. The Bertz CT molecular complexity index is 1090. The van der Waals surface area contributed by atoms with E-state index in [1.165, 1.54) is 6.20 Å². The molecule has 0 fully saturated rings. The number of aromatic nitrogens is 2. The minimum absolute atomic E-state index is 0.0602. The number of fused-ring (bicyclic) bond motifs is 1. The maximum atomic E-state index is 12.5. The van der Waals surface area contributed by atoms with Gasteiger partial charge in [0.05, 0.1) is 18.3 Å². The number of para-hydroxylation sites is 1. The van der Waals surface area contributed by atoms with Crippen molar-refractivity contribution in [3.63, 3.8) is 0 Å². The Labute approximate surface area is 169 Å². The molecule has 7 heteroatoms. The highest BCUT2D eigenvalue weighted by molar-refractivity contribution is 5.97. The number of carbonyl (C=O) groups excluding carboxylic acids is 2. The predicted molar refractivity (Wildman–Crippen MR) is 113 cm³/mol. The van der Waals surface area contributed by atoms with Crippen LogP contribution < -0.4 is 10.7 Å². The monoisotopic (exact) mass is 392 g/mol. The first kappa shape index (κ1) is 20.3. The third kappa shape index (κ3) is 4.68. The van der Waals surface area contributed by atoms with Gasteiger partial charge >= 0.3 is 0 Å². The molecule has 1 aromatic heterocycles. The lowest BCUT2D eigenvalue weighted by molar-refractivity contribution is -0.116. The fraction of sp³-hybridized carbons (Fsp3) is 0.273. The largest absolute Gasteiger partial charge is 0.339 e. The van der Waals surface area contributed by atoms with Gasteiger partial charge in [-0.15, -0.1) is 0 Å². The van der Waals surface area contributed by atoms with E-state index in [1.807, 2.05) is 26.0 Å². The molecular formula is C22H24N4O3. The van der Waals surface area contributed by atoms with Gasteiger partial charge in [-0.3, -0.25) is 19.1 Å². The summed E-state index contributed by atoms with van der Waals surface area (Å²) in [7, 11) is 0. The molecule has 0 unspecified atom stereocenters. The standard InChI is InChI=1S/C22H24N4O3/c1-3-25(4-2)22(29)16-8-7-9-17(14-16)24-21(28)12-13-26-19-11-6-5-10-18(19)20(27)15-23-26/h5-11,14-15H,3-4,12-13H2,1-2H3,(H,24,28). The van der Waals surface area contributed by atoms with Gasteiger partial charge in [-0.2, -0.15) is 5.10 Å². The van der Waals surface area contributed by atoms with Gasteiger partial charge < -0.3 is 10.2 Å². The Morgan fingerprint density at radius 3 is 2.59 bits per heavy atom. The van der Waals surface area contributed by atoms with Gasteiger partial charge in [-0.25, -0.2) is 0 Å². The van der Waals surface area contributed by atoms with Crippen LogP contribution >= 0.6 is 0 Å². The van der Waals surface area contributed by atoms with Crippen molar-refractivity contribution in [2.45, 2.75) is 26.8 Å². The molecule has 1 N–H and O–H groups in total. The van der Waals surface area contributed by atoms with E-state index in [4.69, 9.17) is 0 Å². The number of nitrogens with one attached hydrogen (secondary N) is 1. The van der Waals surface area contributed by atoms with Gasteiger partial charge in [0, 0.05) is 36.1 Å². The molecule has 1 heterocycles. The molecule has 0 aliphatic carbocycles. The van der Waals surface area contributed by atoms with Crippen LogP contribution in [0.1, 0.15) is 30.6 Å². The molecule has 0 atom stereocenters. The van der Waals surface area contributed by atoms with E-state index < -0.39 is 0 Å². The molecule has 3 rings (SSSR count). The summed E-state index contributed by atoms with van der Waals surface area (Å²) in [6.45, 7) is 5.47. The Balaban J connectivity index is 1.68. The minimum Gasteiger partial charge on any atom is -0.339 e. The van der Waals surface area contributed by atoms with E-state index in [9.17, 15) is 14.4 Å². The van der Waals surface area contributed by atoms with Gasteiger partial charge in [0.25, 0.3) is 5.91 Å². The summed E-state index contributed by atoms with van der Waals surface area (Å²) in [5, 5.41) is 7.54. The average molecular weight is 392 g/mol. The van der Waals surface area contributed by atoms with Crippen molar-refractivity contribution in [1.29, 1.82) is 0 Å². The zero-order valence-electron chi connectivity index (χ0n) is 16.6. The highest BCUT2D eigenvalue weighted by Gasteiger charge is 2.13. The zero-order chi connectivity index (χ0) is 20.8. The normalized spacial score (nSPS) is 10.7. The van der Waals surface area contributed by atoms with E-state index in [0.29, 0.717) is 41.8 Å². The number of anilines is 1. The van der Waals surface area contributed by atoms with E-state index >= 15 is 0 Å². The SMILES string of the molecule is CCN(CC)C(=O)c1cccc(NC(=O)CCn2ncc(=O)c3ccccc32)c1. The van der Waals surface area contributed by atoms with Gasteiger partial charge in [0.15, 0.2) is 0 Å². The number of amides is 2. The van der Waals surface area contributed by atoms with Crippen LogP contribution in [-0.2, 0) is 11.3 Å². The van der Waals surface area contributed by atoms with Crippen LogP contribution in [0.5, 0.6) is 0 Å². The third-order valence-electron chi connectivity index (χ3n) is 4.76. The molecule has 150 valence electrons. The summed E-state index contributed by atoms with van der Waals surface area (Å²) in [6, 6.07) is 14.1. The predicted octanol–water partition coefficient (Wildman–Crippen LogP) is 2.91. The first-order valence-corrected chi connectivity index (χ1v) is 9.67. The number of hydrogen-bond donors (Lipinski definition) is 1. The van der Waals surface area contributed by atoms with Crippen molar-refractivity contribution in [3.8, 4) is 0 Å². The van der Waals surface area contributed by atoms with Crippen molar-refractivity contribution in [1.82, 2.24) is 14.7 Å². The quantitative estimate of drug-likeness (QED) is 0.670. The van der Waals surface area contributed by atoms with Crippen LogP contribution in [0.2, 0.25) is 0 Å². The fourth-order valence-electron chi connectivity index (χ4n) is 3.19. The van der Waals surface area contributed by atoms with Crippen LogP contribution in [0.25, 0.3) is 10.9 Å². The van der Waals surface area contributed by atoms with E-state index in [2.05, 4.69) is 10.4 Å². The number of benzene rings is 2. The summed E-state index contributed by atoms with van der Waals surface area (Å²) in [4.78, 5) is 38.5. The lowest BCUT2D eigenvalue weighted by Gasteiger charge is -2.19. The molecule has 2 aromatic carbocycles. The summed E-state index contributed by atoms with van der Waals surface area (Å²) < 4.78 is 1.65. The van der Waals surface area contributed by atoms with Crippen molar-refractivity contribution in [3.05, 3.63) is 70.5 Å². The number of rotatable bonds is 7. The van der Waals surface area contributed by atoms with Crippen LogP contribution in [0.3, 0.4) is 0 Å². The van der Waals surface area contributed by atoms with Gasteiger partial charge in [0.2, 0.25) is 11.3 Å². The van der Waals surface area contributed by atoms with Gasteiger partial charge in [0.1, 0.15) is 0 Å². The van der Waals surface area contributed by atoms with Gasteiger partial charge in [-0.1, -0.05) is 18.2 Å². The molecule has 0 spiro atoms. The lowest BCUT2D eigenvalue weighted by Crippen LogP contribution is -2.30. The van der Waals surface area contributed by atoms with Gasteiger partial charge in [-0.05, 0) is 44.2 Å². The van der Waals surface area contributed by atoms with Crippen molar-refractivity contribution >= 4 is 28.4 Å². The maximum Gasteiger partial charge on any atom is 0.253 e. The van der Waals surface area contributed by atoms with Crippen LogP contribution in [-0.4, -0.2) is 39.6 Å². The average Bonchev–Trinajstić information content (AvgIpc) is 2.74. The van der Waals surface area contributed by atoms with Crippen LogP contribution in [0, 0.1) is 0 Å². The van der Waals surface area contributed by atoms with Crippen LogP contribution in [0.4, 0.5) is 5.69 Å². The maximum absolute atomic E-state index is 12.5. The Kier molecular flexibility index (Phi) is 6.39. The summed E-state index contributed by atoms with van der Waals surface area (Å²) >= 11 is 0. The highest BCUT2D eigenvalue weighted by atomic mass is 16.2. The van der Waals surface area contributed by atoms with E-state index in [0.717, 1.165) is 0 Å². The molecule has 3 aromatic rings. The zero-order valence-corrected chi connectivity index (χ0v) is 16.6. The second kappa shape index (κ2) is 9.14. The summed E-state index contributed by atoms with van der Waals surface area (Å²) in [5.41, 5.74) is 1.67. The van der Waals surface area contributed by atoms with E-state index in [-0.39, 0.29) is 23.7 Å². The topological polar surface area (TPSA) is 84.3 Å². The third-order valence-corrected chi connectivity index (χ3v) is 4.76. The molecule has 29 heavy (non-hydrogen) atoms. The highest BCUT2D eigenvalue weighted by Crippen LogP contribution is 2.14. The number of carbonyl (C=O) groups is 2. The molecule has 0 bridgehead atoms. The fourth-order valence-corrected chi connectivity index (χ4v) is 3.19. The second-order valence-electron chi connectivity index (χ2n) is 6.61. The molecule has 7 nitrogen and oxygen atoms in total. The molecule has 0 saturated heterocycles. The first-order valence-electron chi connectivity index (χ1n) is 9.67. The summed E-state index contributed by atoms with van der Waals surface area (Å²) in [5.74, 6) is -0.253. The molecule has 0 aliphatic rings. The van der Waals surface area contributed by atoms with Crippen molar-refractivity contribution < 1.29 is 9.59 Å². The molecule has 0 saturated carbocycles. The molecule has 0 aliphatic heterocycles. The Morgan fingerprint density at radius 1 is 1.07 bits per heavy atom. The number of aryl methyl sites for hydroxylation is 1.